The van der Waals surface area contributed by atoms with Gasteiger partial charge in [-0.2, -0.15) is 0 Å². The summed E-state index contributed by atoms with van der Waals surface area (Å²) in [5.74, 6) is -3.90. The first-order valence-corrected chi connectivity index (χ1v) is 18.6. The standard InChI is InChI=1S/C33H50N5O9P/c1-21(2)16-24(29(40)36-26(17-22(3)4)30(41)34-5)19-48(45,46)20-38-28(39)14-13-25(32(38)43)35-31(42)27-12-9-15-37(27)33(44)47-18-23-10-7-6-8-11-23/h6-8,10-11,21-22,24-27H,9,12-20H2,1-5H3,(H,34,41)(H,35,42)(H,36,40)(H,45,46)/t24-,25-,26+,27-/m1/s1. The Morgan fingerprint density at radius 2 is 1.67 bits per heavy atom. The van der Waals surface area contributed by atoms with Crippen molar-refractivity contribution < 1.29 is 43.0 Å². The molecule has 0 aromatic heterocycles. The Morgan fingerprint density at radius 1 is 1.00 bits per heavy atom. The number of ether oxygens (including phenoxy) is 1. The van der Waals surface area contributed by atoms with Gasteiger partial charge < -0.3 is 25.6 Å². The average Bonchev–Trinajstić information content (AvgIpc) is 3.53. The van der Waals surface area contributed by atoms with Crippen LogP contribution in [0.25, 0.3) is 0 Å². The number of piperidine rings is 1. The molecule has 0 saturated carbocycles. The first-order chi connectivity index (χ1) is 22.6. The van der Waals surface area contributed by atoms with Crippen molar-refractivity contribution >= 4 is 43.0 Å². The van der Waals surface area contributed by atoms with E-state index in [0.29, 0.717) is 30.7 Å². The lowest BCUT2D eigenvalue weighted by Gasteiger charge is -2.34. The zero-order valence-electron chi connectivity index (χ0n) is 28.5. The number of nitrogens with zero attached hydrogens (tertiary/aromatic N) is 2. The van der Waals surface area contributed by atoms with Crippen molar-refractivity contribution in [2.24, 2.45) is 17.8 Å². The highest BCUT2D eigenvalue weighted by atomic mass is 31.2. The fourth-order valence-electron chi connectivity index (χ4n) is 6.07. The first kappa shape index (κ1) is 38.7. The number of hydrogen-bond acceptors (Lipinski definition) is 8. The number of benzene rings is 1. The molecule has 0 spiro atoms. The first-order valence-electron chi connectivity index (χ1n) is 16.6. The summed E-state index contributed by atoms with van der Waals surface area (Å²) in [6.45, 7) is 7.86. The molecular weight excluding hydrogens is 641 g/mol. The van der Waals surface area contributed by atoms with Crippen molar-refractivity contribution in [2.45, 2.75) is 91.0 Å². The normalized spacial score (nSPS) is 20.7. The molecule has 4 N–H and O–H groups in total. The van der Waals surface area contributed by atoms with Crippen LogP contribution in [0.15, 0.2) is 30.3 Å². The molecule has 1 unspecified atom stereocenters. The van der Waals surface area contributed by atoms with E-state index in [1.54, 1.807) is 0 Å². The molecule has 2 aliphatic rings. The molecule has 15 heteroatoms. The van der Waals surface area contributed by atoms with Gasteiger partial charge in [0.2, 0.25) is 31.0 Å². The molecule has 2 fully saturated rings. The smallest absolute Gasteiger partial charge is 0.410 e. The van der Waals surface area contributed by atoms with Gasteiger partial charge in [0.1, 0.15) is 31.0 Å². The number of rotatable bonds is 15. The monoisotopic (exact) mass is 691 g/mol. The molecular formula is C33H50N5O9P. The zero-order valence-corrected chi connectivity index (χ0v) is 29.4. The molecule has 1 aromatic rings. The maximum atomic E-state index is 13.5. The molecule has 266 valence electrons. The number of imide groups is 1. The van der Waals surface area contributed by atoms with Crippen LogP contribution in [0.4, 0.5) is 4.79 Å². The van der Waals surface area contributed by atoms with E-state index in [2.05, 4.69) is 16.0 Å². The van der Waals surface area contributed by atoms with Gasteiger partial charge in [-0.05, 0) is 49.5 Å². The van der Waals surface area contributed by atoms with Crippen LogP contribution >= 0.6 is 7.37 Å². The van der Waals surface area contributed by atoms with E-state index in [4.69, 9.17) is 4.74 Å². The Bertz CT molecular complexity index is 1370. The van der Waals surface area contributed by atoms with Crippen LogP contribution in [0.2, 0.25) is 0 Å². The van der Waals surface area contributed by atoms with Gasteiger partial charge in [0.15, 0.2) is 0 Å². The predicted molar refractivity (Wildman–Crippen MR) is 177 cm³/mol. The quantitative estimate of drug-likeness (QED) is 0.158. The molecule has 2 aliphatic heterocycles. The molecule has 2 heterocycles. The van der Waals surface area contributed by atoms with Crippen molar-refractivity contribution in [3.8, 4) is 0 Å². The number of carbonyl (C=O) groups is 6. The lowest BCUT2D eigenvalue weighted by atomic mass is 9.96. The van der Waals surface area contributed by atoms with Gasteiger partial charge in [-0.1, -0.05) is 58.0 Å². The van der Waals surface area contributed by atoms with Gasteiger partial charge in [-0.25, -0.2) is 4.79 Å². The van der Waals surface area contributed by atoms with Gasteiger partial charge in [0.25, 0.3) is 5.91 Å². The van der Waals surface area contributed by atoms with Gasteiger partial charge in [0, 0.05) is 32.1 Å². The van der Waals surface area contributed by atoms with Gasteiger partial charge in [-0.15, -0.1) is 0 Å². The average molecular weight is 692 g/mol. The van der Waals surface area contributed by atoms with Crippen LogP contribution in [0, 0.1) is 17.8 Å². The summed E-state index contributed by atoms with van der Waals surface area (Å²) in [6.07, 6.45) is -0.602. The summed E-state index contributed by atoms with van der Waals surface area (Å²) in [7, 11) is -2.84. The highest BCUT2D eigenvalue weighted by Crippen LogP contribution is 2.45. The van der Waals surface area contributed by atoms with E-state index in [9.17, 15) is 38.2 Å². The van der Waals surface area contributed by atoms with Crippen LogP contribution in [-0.4, -0.2) is 94.5 Å². The number of amides is 6. The summed E-state index contributed by atoms with van der Waals surface area (Å²) in [5.41, 5.74) is 0.792. The second-order valence-electron chi connectivity index (χ2n) is 13.5. The number of likely N-dealkylation sites (N-methyl/N-ethyl adjacent to an activating group) is 1. The van der Waals surface area contributed by atoms with Gasteiger partial charge in [-0.3, -0.25) is 38.3 Å². The van der Waals surface area contributed by atoms with Crippen LogP contribution in [0.5, 0.6) is 0 Å². The Hall–Kier alpha value is -3.77. The summed E-state index contributed by atoms with van der Waals surface area (Å²) in [6, 6.07) is 6.26. The fraction of sp³-hybridized carbons (Fsp3) is 0.636. The molecule has 3 rings (SSSR count). The highest BCUT2D eigenvalue weighted by Gasteiger charge is 2.43. The Morgan fingerprint density at radius 3 is 2.29 bits per heavy atom. The molecule has 1 aromatic carbocycles. The molecule has 0 radical (unpaired) electrons. The van der Waals surface area contributed by atoms with Crippen molar-refractivity contribution in [1.82, 2.24) is 25.8 Å². The Kier molecular flexibility index (Phi) is 14.2. The van der Waals surface area contributed by atoms with Crippen molar-refractivity contribution in [3.05, 3.63) is 35.9 Å². The highest BCUT2D eigenvalue weighted by molar-refractivity contribution is 7.58. The lowest BCUT2D eigenvalue weighted by Crippen LogP contribution is -2.57. The third-order valence-corrected chi connectivity index (χ3v) is 10.1. The summed E-state index contributed by atoms with van der Waals surface area (Å²) < 4.78 is 18.9. The number of likely N-dealkylation sites (tertiary alicyclic amines) is 2. The topological polar surface area (TPSA) is 192 Å². The molecule has 48 heavy (non-hydrogen) atoms. The lowest BCUT2D eigenvalue weighted by molar-refractivity contribution is -0.150. The summed E-state index contributed by atoms with van der Waals surface area (Å²) in [4.78, 5) is 91.1. The minimum Gasteiger partial charge on any atom is -0.445 e. The predicted octanol–water partition coefficient (Wildman–Crippen LogP) is 2.59. The molecule has 5 atom stereocenters. The third kappa shape index (κ3) is 11.2. The Balaban J connectivity index is 1.65. The summed E-state index contributed by atoms with van der Waals surface area (Å²) in [5, 5.41) is 7.88. The number of carbonyl (C=O) groups excluding carboxylic acids is 6. The second-order valence-corrected chi connectivity index (χ2v) is 15.8. The van der Waals surface area contributed by atoms with Gasteiger partial charge >= 0.3 is 6.09 Å². The van der Waals surface area contributed by atoms with E-state index in [0.717, 1.165) is 5.56 Å². The third-order valence-electron chi connectivity index (χ3n) is 8.40. The van der Waals surface area contributed by atoms with E-state index >= 15 is 0 Å². The van der Waals surface area contributed by atoms with Crippen LogP contribution in [0.3, 0.4) is 0 Å². The molecule has 0 bridgehead atoms. The van der Waals surface area contributed by atoms with E-state index in [1.807, 2.05) is 58.0 Å². The minimum atomic E-state index is -4.30. The van der Waals surface area contributed by atoms with Crippen LogP contribution in [-0.2, 0) is 39.9 Å². The van der Waals surface area contributed by atoms with Crippen LogP contribution in [0.1, 0.15) is 71.8 Å². The summed E-state index contributed by atoms with van der Waals surface area (Å²) >= 11 is 0. The molecule has 6 amide bonds. The zero-order chi connectivity index (χ0) is 35.6. The Labute approximate surface area is 282 Å². The second kappa shape index (κ2) is 17.6. The van der Waals surface area contributed by atoms with Crippen molar-refractivity contribution in [2.75, 3.05) is 26.0 Å². The van der Waals surface area contributed by atoms with Crippen molar-refractivity contribution in [1.29, 1.82) is 0 Å². The number of hydrogen-bond donors (Lipinski definition) is 4. The molecule has 14 nitrogen and oxygen atoms in total. The van der Waals surface area contributed by atoms with E-state index in [-0.39, 0.29) is 43.6 Å². The van der Waals surface area contributed by atoms with Crippen molar-refractivity contribution in [3.63, 3.8) is 0 Å². The number of nitrogens with one attached hydrogen (secondary N) is 3. The SMILES string of the molecule is CNC(=O)[C@H](CC(C)C)NC(=O)[C@H](CC(C)C)CP(=O)(O)CN1C(=O)CC[C@@H](NC(=O)[C@H]2CCCN2C(=O)OCc2ccccc2)C1=O. The van der Waals surface area contributed by atoms with E-state index in [1.165, 1.54) is 11.9 Å². The largest absolute Gasteiger partial charge is 0.445 e. The minimum absolute atomic E-state index is 0.00404. The molecule has 0 aliphatic carbocycles. The molecule has 2 saturated heterocycles. The van der Waals surface area contributed by atoms with Crippen LogP contribution < -0.4 is 16.0 Å². The van der Waals surface area contributed by atoms with E-state index < -0.39 is 73.6 Å². The fourth-order valence-corrected chi connectivity index (χ4v) is 7.93. The van der Waals surface area contributed by atoms with Gasteiger partial charge in [0.05, 0.1) is 0 Å². The maximum absolute atomic E-state index is 13.5. The maximum Gasteiger partial charge on any atom is 0.410 e.